The number of hydrogen-bond donors (Lipinski definition) is 3. The van der Waals surface area contributed by atoms with Crippen molar-refractivity contribution in [2.75, 3.05) is 37.4 Å². The lowest BCUT2D eigenvalue weighted by Gasteiger charge is -2.26. The number of carbonyl (C=O) groups is 2. The van der Waals surface area contributed by atoms with Gasteiger partial charge in [-0.05, 0) is 50.0 Å². The van der Waals surface area contributed by atoms with Crippen molar-refractivity contribution < 1.29 is 14.3 Å². The molecule has 2 amide bonds. The van der Waals surface area contributed by atoms with Crippen LogP contribution in [0, 0.1) is 5.41 Å². The number of likely N-dealkylation sites (tertiary alicyclic amines) is 1. The van der Waals surface area contributed by atoms with E-state index in [0.29, 0.717) is 23.7 Å². The van der Waals surface area contributed by atoms with Crippen molar-refractivity contribution in [3.05, 3.63) is 18.2 Å². The number of halogens is 1. The molecule has 0 saturated carbocycles. The molecule has 146 valence electrons. The maximum absolute atomic E-state index is 12.7. The number of hydrogen-bond acceptors (Lipinski definition) is 5. The molecule has 1 fully saturated rings. The molecule has 1 saturated heterocycles. The zero-order chi connectivity index (χ0) is 18.6. The van der Waals surface area contributed by atoms with E-state index in [2.05, 4.69) is 22.5 Å². The maximum Gasteiger partial charge on any atom is 0.241 e. The number of ether oxygens (including phenoxy) is 1. The van der Waals surface area contributed by atoms with E-state index in [1.165, 1.54) is 6.92 Å². The van der Waals surface area contributed by atoms with E-state index in [-0.39, 0.29) is 35.7 Å². The average Bonchev–Trinajstić information content (AvgIpc) is 2.97. The summed E-state index contributed by atoms with van der Waals surface area (Å²) in [4.78, 5) is 26.0. The van der Waals surface area contributed by atoms with Gasteiger partial charge in [0.2, 0.25) is 11.8 Å². The van der Waals surface area contributed by atoms with Crippen LogP contribution in [0.3, 0.4) is 0 Å². The van der Waals surface area contributed by atoms with Crippen LogP contribution < -0.4 is 21.1 Å². The Bertz CT molecular complexity index is 655. The fourth-order valence-electron chi connectivity index (χ4n) is 3.05. The van der Waals surface area contributed by atoms with Crippen LogP contribution in [0.5, 0.6) is 5.75 Å². The fraction of sp³-hybridized carbons (Fsp3) is 0.556. The first-order chi connectivity index (χ1) is 11.8. The lowest BCUT2D eigenvalue weighted by molar-refractivity contribution is -0.120. The Morgan fingerprint density at radius 1 is 1.38 bits per heavy atom. The van der Waals surface area contributed by atoms with Gasteiger partial charge < -0.3 is 21.1 Å². The normalized spacial score (nSPS) is 20.8. The second-order valence-corrected chi connectivity index (χ2v) is 7.00. The molecular formula is C18H29ClN4O3. The number of nitrogens with one attached hydrogen (secondary N) is 2. The Morgan fingerprint density at radius 3 is 2.62 bits per heavy atom. The van der Waals surface area contributed by atoms with E-state index < -0.39 is 0 Å². The van der Waals surface area contributed by atoms with Crippen LogP contribution in [0.25, 0.3) is 0 Å². The molecule has 1 aromatic rings. The summed E-state index contributed by atoms with van der Waals surface area (Å²) in [6.45, 7) is 7.75. The minimum Gasteiger partial charge on any atom is -0.495 e. The van der Waals surface area contributed by atoms with Crippen LogP contribution in [0.1, 0.15) is 27.2 Å². The van der Waals surface area contributed by atoms with Crippen molar-refractivity contribution >= 4 is 35.6 Å². The Morgan fingerprint density at radius 2 is 2.08 bits per heavy atom. The van der Waals surface area contributed by atoms with E-state index in [1.807, 2.05) is 6.92 Å². The monoisotopic (exact) mass is 384 g/mol. The first-order valence-corrected chi connectivity index (χ1v) is 8.48. The minimum absolute atomic E-state index is 0. The second kappa shape index (κ2) is 9.21. The zero-order valence-electron chi connectivity index (χ0n) is 15.8. The van der Waals surface area contributed by atoms with Crippen LogP contribution in [-0.2, 0) is 9.59 Å². The molecular weight excluding hydrogens is 356 g/mol. The predicted molar refractivity (Wildman–Crippen MR) is 106 cm³/mol. The Labute approximate surface area is 161 Å². The van der Waals surface area contributed by atoms with Crippen molar-refractivity contribution in [2.45, 2.75) is 33.2 Å². The van der Waals surface area contributed by atoms with Gasteiger partial charge in [-0.3, -0.25) is 14.5 Å². The van der Waals surface area contributed by atoms with Gasteiger partial charge in [-0.1, -0.05) is 6.92 Å². The zero-order valence-corrected chi connectivity index (χ0v) is 16.6. The van der Waals surface area contributed by atoms with Gasteiger partial charge in [0.25, 0.3) is 0 Å². The Balaban J connectivity index is 0.00000338. The van der Waals surface area contributed by atoms with Gasteiger partial charge in [-0.2, -0.15) is 0 Å². The molecule has 8 heteroatoms. The molecule has 2 rings (SSSR count). The fourth-order valence-corrected chi connectivity index (χ4v) is 3.05. The standard InChI is InChI=1S/C18H28N4O3.ClH/c1-12(22-8-7-18(3,10-19)11-22)17(24)21-15-9-14(20-13(2)23)5-6-16(15)25-4;/h5-6,9,12H,7-8,10-11,19H2,1-4H3,(H,20,23)(H,21,24);1H. The van der Waals surface area contributed by atoms with Gasteiger partial charge in [0, 0.05) is 19.2 Å². The van der Waals surface area contributed by atoms with Crippen LogP contribution in [-0.4, -0.2) is 49.5 Å². The van der Waals surface area contributed by atoms with E-state index in [9.17, 15) is 9.59 Å². The molecule has 0 spiro atoms. The summed E-state index contributed by atoms with van der Waals surface area (Å²) in [6, 6.07) is 4.86. The lowest BCUT2D eigenvalue weighted by Crippen LogP contribution is -2.42. The van der Waals surface area contributed by atoms with Crippen molar-refractivity contribution in [2.24, 2.45) is 11.1 Å². The first kappa shape index (κ1) is 22.2. The number of rotatable bonds is 6. The van der Waals surface area contributed by atoms with E-state index in [4.69, 9.17) is 10.5 Å². The van der Waals surface area contributed by atoms with Crippen molar-refractivity contribution in [1.29, 1.82) is 0 Å². The third-order valence-corrected chi connectivity index (χ3v) is 4.79. The number of methoxy groups -OCH3 is 1. The summed E-state index contributed by atoms with van der Waals surface area (Å²) < 4.78 is 5.30. The molecule has 7 nitrogen and oxygen atoms in total. The van der Waals surface area contributed by atoms with E-state index in [1.54, 1.807) is 25.3 Å². The lowest BCUT2D eigenvalue weighted by atomic mass is 9.90. The maximum atomic E-state index is 12.7. The van der Waals surface area contributed by atoms with Crippen molar-refractivity contribution in [3.63, 3.8) is 0 Å². The number of amides is 2. The number of anilines is 2. The molecule has 1 aliphatic heterocycles. The molecule has 0 aromatic heterocycles. The summed E-state index contributed by atoms with van der Waals surface area (Å²) >= 11 is 0. The van der Waals surface area contributed by atoms with Crippen LogP contribution >= 0.6 is 12.4 Å². The minimum atomic E-state index is -0.275. The smallest absolute Gasteiger partial charge is 0.241 e. The molecule has 0 bridgehead atoms. The average molecular weight is 385 g/mol. The molecule has 1 aliphatic rings. The number of nitrogens with two attached hydrogens (primary N) is 1. The van der Waals surface area contributed by atoms with Gasteiger partial charge >= 0.3 is 0 Å². The second-order valence-electron chi connectivity index (χ2n) is 7.00. The van der Waals surface area contributed by atoms with Crippen LogP contribution in [0.4, 0.5) is 11.4 Å². The molecule has 2 atom stereocenters. The van der Waals surface area contributed by atoms with Gasteiger partial charge in [0.05, 0.1) is 18.8 Å². The highest BCUT2D eigenvalue weighted by atomic mass is 35.5. The predicted octanol–water partition coefficient (Wildman–Crippen LogP) is 2.07. The summed E-state index contributed by atoms with van der Waals surface area (Å²) in [5, 5.41) is 5.61. The highest BCUT2D eigenvalue weighted by Crippen LogP contribution is 2.31. The molecule has 26 heavy (non-hydrogen) atoms. The summed E-state index contributed by atoms with van der Waals surface area (Å²) in [7, 11) is 1.54. The van der Waals surface area contributed by atoms with Crippen LogP contribution in [0.15, 0.2) is 18.2 Å². The van der Waals surface area contributed by atoms with Gasteiger partial charge in [-0.15, -0.1) is 12.4 Å². The number of benzene rings is 1. The van der Waals surface area contributed by atoms with Crippen LogP contribution in [0.2, 0.25) is 0 Å². The SMILES string of the molecule is COc1ccc(NC(C)=O)cc1NC(=O)C(C)N1CCC(C)(CN)C1.Cl. The van der Waals surface area contributed by atoms with Gasteiger partial charge in [-0.25, -0.2) is 0 Å². The van der Waals surface area contributed by atoms with Crippen molar-refractivity contribution in [3.8, 4) is 5.75 Å². The highest BCUT2D eigenvalue weighted by molar-refractivity contribution is 5.97. The summed E-state index contributed by atoms with van der Waals surface area (Å²) in [5.41, 5.74) is 7.05. The Hall–Kier alpha value is -1.83. The molecule has 1 aromatic carbocycles. The van der Waals surface area contributed by atoms with Gasteiger partial charge in [0.15, 0.2) is 0 Å². The molecule has 1 heterocycles. The Kier molecular flexibility index (Phi) is 7.87. The third-order valence-electron chi connectivity index (χ3n) is 4.79. The molecule has 0 aliphatic carbocycles. The first-order valence-electron chi connectivity index (χ1n) is 8.48. The number of carbonyl (C=O) groups excluding carboxylic acids is 2. The largest absolute Gasteiger partial charge is 0.495 e. The topological polar surface area (TPSA) is 96.7 Å². The molecule has 4 N–H and O–H groups in total. The third kappa shape index (κ3) is 5.33. The number of nitrogens with zero attached hydrogens (tertiary/aromatic N) is 1. The molecule has 0 radical (unpaired) electrons. The highest BCUT2D eigenvalue weighted by Gasteiger charge is 2.36. The van der Waals surface area contributed by atoms with E-state index in [0.717, 1.165) is 19.5 Å². The quantitative estimate of drug-likeness (QED) is 0.697. The summed E-state index contributed by atoms with van der Waals surface area (Å²) in [5.74, 6) is 0.261. The summed E-state index contributed by atoms with van der Waals surface area (Å²) in [6.07, 6.45) is 0.989. The van der Waals surface area contributed by atoms with Gasteiger partial charge in [0.1, 0.15) is 5.75 Å². The van der Waals surface area contributed by atoms with Crippen molar-refractivity contribution in [1.82, 2.24) is 4.90 Å². The van der Waals surface area contributed by atoms with E-state index >= 15 is 0 Å². The molecule has 2 unspecified atom stereocenters.